The van der Waals surface area contributed by atoms with Gasteiger partial charge in [-0.05, 0) is 13.3 Å². The zero-order chi connectivity index (χ0) is 18.5. The lowest BCUT2D eigenvalue weighted by Gasteiger charge is -2.33. The Bertz CT molecular complexity index is 636. The average Bonchev–Trinajstić information content (AvgIpc) is 2.96. The van der Waals surface area contributed by atoms with Crippen molar-refractivity contribution >= 4 is 17.7 Å². The third kappa shape index (κ3) is 3.07. The van der Waals surface area contributed by atoms with Crippen molar-refractivity contribution in [2.24, 2.45) is 23.7 Å². The first-order valence-corrected chi connectivity index (χ1v) is 8.98. The van der Waals surface area contributed by atoms with E-state index < -0.39 is 11.7 Å². The van der Waals surface area contributed by atoms with Crippen LogP contribution in [0, 0.1) is 23.7 Å². The summed E-state index contributed by atoms with van der Waals surface area (Å²) in [6.45, 7) is 9.00. The molecule has 6 atom stereocenters. The summed E-state index contributed by atoms with van der Waals surface area (Å²) in [5, 5.41) is 0. The first-order valence-electron chi connectivity index (χ1n) is 8.98. The van der Waals surface area contributed by atoms with Crippen LogP contribution in [0.4, 0.5) is 0 Å². The summed E-state index contributed by atoms with van der Waals surface area (Å²) in [7, 11) is 0. The number of ketones is 1. The molecule has 2 fully saturated rings. The van der Waals surface area contributed by atoms with Crippen LogP contribution < -0.4 is 0 Å². The van der Waals surface area contributed by atoms with Crippen LogP contribution in [0.5, 0.6) is 0 Å². The molecule has 0 aromatic carbocycles. The van der Waals surface area contributed by atoms with Crippen LogP contribution in [-0.2, 0) is 28.6 Å². The zero-order valence-electron chi connectivity index (χ0n) is 15.4. The van der Waals surface area contributed by atoms with Gasteiger partial charge in [0.2, 0.25) is 5.78 Å². The number of carbonyl (C=O) groups is 3. The molecule has 2 bridgehead atoms. The van der Waals surface area contributed by atoms with Crippen LogP contribution in [0.1, 0.15) is 47.5 Å². The second kappa shape index (κ2) is 6.15. The normalized spacial score (nSPS) is 40.4. The van der Waals surface area contributed by atoms with Crippen molar-refractivity contribution in [1.29, 1.82) is 0 Å². The molecular weight excluding hydrogens is 324 g/mol. The standard InChI is InChI=1S/C19H26O6/c1-9(2)17(21)24-14-8-19(5)15(20)7-12(25-19)10(3)6-13-16(14)11(4)18(22)23-13/h7,9-11,13-14,16H,6,8H2,1-5H3. The van der Waals surface area contributed by atoms with Crippen molar-refractivity contribution in [1.82, 2.24) is 0 Å². The average molecular weight is 350 g/mol. The molecule has 25 heavy (non-hydrogen) atoms. The fourth-order valence-corrected chi connectivity index (χ4v) is 3.98. The molecule has 0 radical (unpaired) electrons. The fourth-order valence-electron chi connectivity index (χ4n) is 3.98. The smallest absolute Gasteiger partial charge is 0.309 e. The second-order valence-corrected chi connectivity index (χ2v) is 8.06. The van der Waals surface area contributed by atoms with E-state index in [1.54, 1.807) is 27.7 Å². The Hall–Kier alpha value is -1.85. The largest absolute Gasteiger partial charge is 0.483 e. The van der Waals surface area contributed by atoms with Crippen molar-refractivity contribution in [2.75, 3.05) is 0 Å². The van der Waals surface area contributed by atoms with Gasteiger partial charge in [0.1, 0.15) is 18.0 Å². The van der Waals surface area contributed by atoms with Crippen molar-refractivity contribution in [2.45, 2.75) is 65.3 Å². The monoisotopic (exact) mass is 350 g/mol. The molecular formula is C19H26O6. The van der Waals surface area contributed by atoms with E-state index >= 15 is 0 Å². The number of fused-ring (bicyclic) bond motifs is 3. The molecule has 3 rings (SSSR count). The molecule has 0 spiro atoms. The van der Waals surface area contributed by atoms with Gasteiger partial charge >= 0.3 is 11.9 Å². The molecule has 3 aliphatic heterocycles. The van der Waals surface area contributed by atoms with Crippen LogP contribution in [0.25, 0.3) is 0 Å². The lowest BCUT2D eigenvalue weighted by Crippen LogP contribution is -2.44. The Balaban J connectivity index is 1.99. The number of carbonyl (C=O) groups excluding carboxylic acids is 3. The summed E-state index contributed by atoms with van der Waals surface area (Å²) in [5.74, 6) is -1.10. The summed E-state index contributed by atoms with van der Waals surface area (Å²) in [5.41, 5.74) is -1.06. The van der Waals surface area contributed by atoms with Gasteiger partial charge in [-0.3, -0.25) is 14.4 Å². The third-order valence-electron chi connectivity index (χ3n) is 5.61. The molecule has 0 N–H and O–H groups in total. The van der Waals surface area contributed by atoms with E-state index in [-0.39, 0.29) is 53.9 Å². The van der Waals surface area contributed by atoms with Crippen LogP contribution in [0.3, 0.4) is 0 Å². The third-order valence-corrected chi connectivity index (χ3v) is 5.61. The second-order valence-electron chi connectivity index (χ2n) is 8.06. The predicted molar refractivity (Wildman–Crippen MR) is 88.2 cm³/mol. The maximum atomic E-state index is 12.5. The van der Waals surface area contributed by atoms with Gasteiger partial charge in [-0.15, -0.1) is 0 Å². The topological polar surface area (TPSA) is 78.9 Å². The SMILES string of the molecule is CC(C)C(=O)OC1CC2(C)OC(=CC2=O)C(C)CC2OC(=O)C(C)C12. The van der Waals surface area contributed by atoms with Crippen molar-refractivity contribution in [3.63, 3.8) is 0 Å². The van der Waals surface area contributed by atoms with Crippen molar-refractivity contribution < 1.29 is 28.6 Å². The van der Waals surface area contributed by atoms with Gasteiger partial charge in [-0.25, -0.2) is 0 Å². The Morgan fingerprint density at radius 3 is 2.64 bits per heavy atom. The molecule has 3 heterocycles. The number of hydrogen-bond acceptors (Lipinski definition) is 6. The minimum Gasteiger partial charge on any atom is -0.483 e. The first-order chi connectivity index (χ1) is 11.6. The lowest BCUT2D eigenvalue weighted by molar-refractivity contribution is -0.162. The summed E-state index contributed by atoms with van der Waals surface area (Å²) >= 11 is 0. The molecule has 0 saturated carbocycles. The molecule has 0 aromatic rings. The van der Waals surface area contributed by atoms with E-state index in [1.165, 1.54) is 6.08 Å². The van der Waals surface area contributed by atoms with Gasteiger partial charge in [0.25, 0.3) is 0 Å². The van der Waals surface area contributed by atoms with E-state index in [0.29, 0.717) is 12.2 Å². The van der Waals surface area contributed by atoms with Crippen LogP contribution in [0.15, 0.2) is 11.8 Å². The highest BCUT2D eigenvalue weighted by Gasteiger charge is 2.54. The maximum absolute atomic E-state index is 12.5. The zero-order valence-corrected chi connectivity index (χ0v) is 15.4. The summed E-state index contributed by atoms with van der Waals surface area (Å²) in [6.07, 6.45) is 1.36. The highest BCUT2D eigenvalue weighted by molar-refractivity contribution is 5.99. The number of esters is 2. The van der Waals surface area contributed by atoms with E-state index in [0.717, 1.165) is 0 Å². The van der Waals surface area contributed by atoms with Gasteiger partial charge in [0.05, 0.1) is 11.8 Å². The molecule has 0 aliphatic carbocycles. The Morgan fingerprint density at radius 2 is 2.00 bits per heavy atom. The van der Waals surface area contributed by atoms with E-state index in [9.17, 15) is 14.4 Å². The highest BCUT2D eigenvalue weighted by Crippen LogP contribution is 2.45. The minimum atomic E-state index is -1.06. The highest BCUT2D eigenvalue weighted by atomic mass is 16.6. The van der Waals surface area contributed by atoms with Gasteiger partial charge in [-0.2, -0.15) is 0 Å². The Labute approximate surface area is 147 Å². The van der Waals surface area contributed by atoms with Crippen LogP contribution >= 0.6 is 0 Å². The van der Waals surface area contributed by atoms with Crippen LogP contribution in [-0.4, -0.2) is 35.5 Å². The summed E-state index contributed by atoms with van der Waals surface area (Å²) < 4.78 is 17.3. The first kappa shape index (κ1) is 18.0. The molecule has 6 unspecified atom stereocenters. The van der Waals surface area contributed by atoms with Crippen LogP contribution in [0.2, 0.25) is 0 Å². The summed E-state index contributed by atoms with van der Waals surface area (Å²) in [4.78, 5) is 36.9. The molecule has 2 saturated heterocycles. The van der Waals surface area contributed by atoms with Gasteiger partial charge < -0.3 is 14.2 Å². The number of hydrogen-bond donors (Lipinski definition) is 0. The maximum Gasteiger partial charge on any atom is 0.309 e. The predicted octanol–water partition coefficient (Wildman–Crippen LogP) is 2.40. The Morgan fingerprint density at radius 1 is 1.32 bits per heavy atom. The number of allylic oxidation sites excluding steroid dienone is 1. The molecule has 3 aliphatic rings. The van der Waals surface area contributed by atoms with Gasteiger partial charge in [0.15, 0.2) is 5.60 Å². The quantitative estimate of drug-likeness (QED) is 0.712. The molecule has 6 nitrogen and oxygen atoms in total. The molecule has 0 aromatic heterocycles. The lowest BCUT2D eigenvalue weighted by atomic mass is 9.78. The summed E-state index contributed by atoms with van der Waals surface area (Å²) in [6, 6.07) is 0. The molecule has 0 amide bonds. The van der Waals surface area contributed by atoms with E-state index in [4.69, 9.17) is 14.2 Å². The molecule has 138 valence electrons. The minimum absolute atomic E-state index is 0.0454. The van der Waals surface area contributed by atoms with Gasteiger partial charge in [0, 0.05) is 24.3 Å². The number of rotatable bonds is 2. The van der Waals surface area contributed by atoms with Crippen molar-refractivity contribution in [3.8, 4) is 0 Å². The van der Waals surface area contributed by atoms with E-state index in [2.05, 4.69) is 0 Å². The fraction of sp³-hybridized carbons (Fsp3) is 0.737. The van der Waals surface area contributed by atoms with E-state index in [1.807, 2.05) is 6.92 Å². The Kier molecular flexibility index (Phi) is 4.41. The number of ether oxygens (including phenoxy) is 3. The van der Waals surface area contributed by atoms with Gasteiger partial charge in [-0.1, -0.05) is 27.7 Å². The molecule has 6 heteroatoms. The van der Waals surface area contributed by atoms with Crippen molar-refractivity contribution in [3.05, 3.63) is 11.8 Å².